The highest BCUT2D eigenvalue weighted by atomic mass is 35.5. The van der Waals surface area contributed by atoms with Crippen molar-refractivity contribution in [2.24, 2.45) is 0 Å². The van der Waals surface area contributed by atoms with Gasteiger partial charge in [0.1, 0.15) is 12.7 Å². The number of nitrogens with zero attached hydrogens (tertiary/aromatic N) is 4. The Balaban J connectivity index is 1.41. The molecule has 4 aromatic rings. The van der Waals surface area contributed by atoms with E-state index in [4.69, 9.17) is 11.6 Å². The SMILES string of the molecule is O=C(Nc1cc(Cl)ccc1-n1cncn1)c1ccc2c(c1)C(=O)N(Cc1ccccc1)C2=O. The lowest BCUT2D eigenvalue weighted by Crippen LogP contribution is -2.29. The Bertz CT molecular complexity index is 1390. The number of nitrogens with one attached hydrogen (secondary N) is 1. The van der Waals surface area contributed by atoms with E-state index in [0.29, 0.717) is 16.4 Å². The Labute approximate surface area is 193 Å². The maximum absolute atomic E-state index is 13.0. The van der Waals surface area contributed by atoms with Crippen LogP contribution in [-0.2, 0) is 6.54 Å². The lowest BCUT2D eigenvalue weighted by Gasteiger charge is -2.13. The zero-order valence-electron chi connectivity index (χ0n) is 17.1. The lowest BCUT2D eigenvalue weighted by molar-refractivity contribution is 0.0642. The second kappa shape index (κ2) is 8.33. The largest absolute Gasteiger partial charge is 0.320 e. The quantitative estimate of drug-likeness (QED) is 0.457. The fraction of sp³-hybridized carbons (Fsp3) is 0.0417. The average Bonchev–Trinajstić information content (AvgIpc) is 3.43. The molecule has 0 spiro atoms. The summed E-state index contributed by atoms with van der Waals surface area (Å²) in [6, 6.07) is 18.7. The van der Waals surface area contributed by atoms with Crippen molar-refractivity contribution in [3.8, 4) is 5.69 Å². The van der Waals surface area contributed by atoms with Gasteiger partial charge in [-0.15, -0.1) is 0 Å². The normalized spacial score (nSPS) is 12.7. The van der Waals surface area contributed by atoms with Gasteiger partial charge in [0.05, 0.1) is 29.0 Å². The molecule has 0 saturated carbocycles. The van der Waals surface area contributed by atoms with Crippen molar-refractivity contribution in [3.63, 3.8) is 0 Å². The second-order valence-corrected chi connectivity index (χ2v) is 7.83. The molecule has 1 aliphatic rings. The molecule has 0 saturated heterocycles. The molecular formula is C24H16ClN5O3. The predicted octanol–water partition coefficient (Wildman–Crippen LogP) is 3.97. The van der Waals surface area contributed by atoms with Crippen LogP contribution < -0.4 is 5.32 Å². The van der Waals surface area contributed by atoms with Gasteiger partial charge >= 0.3 is 0 Å². The smallest absolute Gasteiger partial charge is 0.261 e. The molecule has 1 aliphatic heterocycles. The van der Waals surface area contributed by atoms with Crippen LogP contribution in [-0.4, -0.2) is 37.4 Å². The summed E-state index contributed by atoms with van der Waals surface area (Å²) in [5, 5.41) is 7.32. The number of hydrogen-bond acceptors (Lipinski definition) is 5. The van der Waals surface area contributed by atoms with E-state index in [9.17, 15) is 14.4 Å². The van der Waals surface area contributed by atoms with Gasteiger partial charge in [0.15, 0.2) is 0 Å². The van der Waals surface area contributed by atoms with Crippen molar-refractivity contribution in [1.29, 1.82) is 0 Å². The Hall–Kier alpha value is -4.30. The third-order valence-electron chi connectivity index (χ3n) is 5.29. The summed E-state index contributed by atoms with van der Waals surface area (Å²) in [7, 11) is 0. The first kappa shape index (κ1) is 20.6. The molecule has 33 heavy (non-hydrogen) atoms. The maximum Gasteiger partial charge on any atom is 0.261 e. The fourth-order valence-electron chi connectivity index (χ4n) is 3.68. The van der Waals surface area contributed by atoms with Crippen LogP contribution in [0.5, 0.6) is 0 Å². The van der Waals surface area contributed by atoms with Crippen LogP contribution >= 0.6 is 11.6 Å². The molecule has 8 nitrogen and oxygen atoms in total. The van der Waals surface area contributed by atoms with Crippen LogP contribution in [0.3, 0.4) is 0 Å². The zero-order valence-corrected chi connectivity index (χ0v) is 17.9. The van der Waals surface area contributed by atoms with Crippen LogP contribution in [0, 0.1) is 0 Å². The summed E-state index contributed by atoms with van der Waals surface area (Å²) >= 11 is 6.12. The molecule has 0 fully saturated rings. The minimum Gasteiger partial charge on any atom is -0.320 e. The van der Waals surface area contributed by atoms with Crippen molar-refractivity contribution < 1.29 is 14.4 Å². The third-order valence-corrected chi connectivity index (χ3v) is 5.52. The number of imide groups is 1. The summed E-state index contributed by atoms with van der Waals surface area (Å²) < 4.78 is 1.50. The topological polar surface area (TPSA) is 97.2 Å². The number of anilines is 1. The number of carbonyl (C=O) groups excluding carboxylic acids is 3. The Morgan fingerprint density at radius 1 is 0.939 bits per heavy atom. The number of amides is 3. The fourth-order valence-corrected chi connectivity index (χ4v) is 3.85. The Morgan fingerprint density at radius 2 is 1.73 bits per heavy atom. The van der Waals surface area contributed by atoms with Gasteiger partial charge in [-0.25, -0.2) is 9.67 Å². The Kier molecular flexibility index (Phi) is 5.20. The van der Waals surface area contributed by atoms with Crippen molar-refractivity contribution >= 4 is 35.0 Å². The summed E-state index contributed by atoms with van der Waals surface area (Å²) in [4.78, 5) is 43.8. The minimum absolute atomic E-state index is 0.165. The number of hydrogen-bond donors (Lipinski definition) is 1. The molecule has 0 aliphatic carbocycles. The maximum atomic E-state index is 13.0. The number of halogens is 1. The predicted molar refractivity (Wildman–Crippen MR) is 121 cm³/mol. The van der Waals surface area contributed by atoms with Crippen LogP contribution in [0.1, 0.15) is 36.6 Å². The van der Waals surface area contributed by atoms with E-state index in [0.717, 1.165) is 5.56 Å². The minimum atomic E-state index is -0.455. The van der Waals surface area contributed by atoms with E-state index in [1.165, 1.54) is 40.4 Å². The van der Waals surface area contributed by atoms with Crippen LogP contribution in [0.4, 0.5) is 5.69 Å². The van der Waals surface area contributed by atoms with Gasteiger partial charge in [-0.3, -0.25) is 19.3 Å². The molecule has 162 valence electrons. The van der Waals surface area contributed by atoms with Gasteiger partial charge in [-0.05, 0) is 42.0 Å². The van der Waals surface area contributed by atoms with Gasteiger partial charge in [0.25, 0.3) is 17.7 Å². The number of carbonyl (C=O) groups is 3. The standard InChI is InChI=1S/C24H16ClN5O3/c25-17-7-9-21(30-14-26-13-27-30)20(11-17)28-22(31)16-6-8-18-19(10-16)24(33)29(23(18)32)12-15-4-2-1-3-5-15/h1-11,13-14H,12H2,(H,28,31). The monoisotopic (exact) mass is 457 g/mol. The molecule has 1 aromatic heterocycles. The molecule has 5 rings (SSSR count). The number of fused-ring (bicyclic) bond motifs is 1. The first-order chi connectivity index (χ1) is 16.0. The molecular weight excluding hydrogens is 442 g/mol. The summed E-state index contributed by atoms with van der Waals surface area (Å²) in [5.41, 5.74) is 2.55. The molecule has 9 heteroatoms. The van der Waals surface area contributed by atoms with Crippen molar-refractivity contribution in [3.05, 3.63) is 107 Å². The molecule has 3 aromatic carbocycles. The summed E-state index contributed by atoms with van der Waals surface area (Å²) in [6.45, 7) is 0.165. The molecule has 2 heterocycles. The van der Waals surface area contributed by atoms with Crippen LogP contribution in [0.15, 0.2) is 79.4 Å². The van der Waals surface area contributed by atoms with E-state index >= 15 is 0 Å². The highest BCUT2D eigenvalue weighted by Gasteiger charge is 2.36. The van der Waals surface area contributed by atoms with E-state index in [2.05, 4.69) is 15.4 Å². The number of rotatable bonds is 5. The first-order valence-corrected chi connectivity index (χ1v) is 10.4. The Morgan fingerprint density at radius 3 is 2.48 bits per heavy atom. The zero-order chi connectivity index (χ0) is 22.9. The number of benzene rings is 3. The lowest BCUT2D eigenvalue weighted by atomic mass is 10.1. The van der Waals surface area contributed by atoms with E-state index in [1.54, 1.807) is 18.2 Å². The second-order valence-electron chi connectivity index (χ2n) is 7.40. The van der Waals surface area contributed by atoms with Crippen LogP contribution in [0.25, 0.3) is 5.69 Å². The third kappa shape index (κ3) is 3.88. The van der Waals surface area contributed by atoms with E-state index in [1.807, 2.05) is 30.3 Å². The molecule has 0 radical (unpaired) electrons. The van der Waals surface area contributed by atoms with Crippen LogP contribution in [0.2, 0.25) is 5.02 Å². The van der Waals surface area contributed by atoms with Gasteiger partial charge in [0.2, 0.25) is 0 Å². The summed E-state index contributed by atoms with van der Waals surface area (Å²) in [6.07, 6.45) is 2.88. The van der Waals surface area contributed by atoms with Crippen molar-refractivity contribution in [2.75, 3.05) is 5.32 Å². The molecule has 1 N–H and O–H groups in total. The van der Waals surface area contributed by atoms with Gasteiger partial charge in [0, 0.05) is 10.6 Å². The molecule has 0 bridgehead atoms. The average molecular weight is 458 g/mol. The van der Waals surface area contributed by atoms with E-state index < -0.39 is 11.8 Å². The van der Waals surface area contributed by atoms with Gasteiger partial charge in [-0.1, -0.05) is 41.9 Å². The summed E-state index contributed by atoms with van der Waals surface area (Å²) in [5.74, 6) is -1.27. The highest BCUT2D eigenvalue weighted by Crippen LogP contribution is 2.28. The van der Waals surface area contributed by atoms with Gasteiger partial charge in [-0.2, -0.15) is 5.10 Å². The van der Waals surface area contributed by atoms with Crippen molar-refractivity contribution in [2.45, 2.75) is 6.54 Å². The molecule has 0 unspecified atom stereocenters. The van der Waals surface area contributed by atoms with E-state index in [-0.39, 0.29) is 29.1 Å². The molecule has 0 atom stereocenters. The van der Waals surface area contributed by atoms with Gasteiger partial charge < -0.3 is 5.32 Å². The molecule has 3 amide bonds. The van der Waals surface area contributed by atoms with Crippen molar-refractivity contribution in [1.82, 2.24) is 19.7 Å². The first-order valence-electron chi connectivity index (χ1n) is 10.0. The highest BCUT2D eigenvalue weighted by molar-refractivity contribution is 6.31. The number of aromatic nitrogens is 3.